The van der Waals surface area contributed by atoms with Gasteiger partial charge in [-0.1, -0.05) is 48.5 Å². The molecule has 2 N–H and O–H groups in total. The summed E-state index contributed by atoms with van der Waals surface area (Å²) in [5.41, 5.74) is 0.797. The van der Waals surface area contributed by atoms with E-state index in [2.05, 4.69) is 0 Å². The van der Waals surface area contributed by atoms with Gasteiger partial charge in [0.15, 0.2) is 0 Å². The second kappa shape index (κ2) is 7.97. The Morgan fingerprint density at radius 2 is 1.61 bits per heavy atom. The molecule has 8 nitrogen and oxygen atoms in total. The Morgan fingerprint density at radius 1 is 1.00 bits per heavy atom. The Balaban J connectivity index is 1.89. The number of nitrogens with zero attached hydrogens (tertiary/aromatic N) is 3. The number of aliphatic hydroxyl groups is 1. The molecule has 0 aliphatic carbocycles. The number of hydrogen-bond donors (Lipinski definition) is 2. The molecule has 3 atom stereocenters. The van der Waals surface area contributed by atoms with Gasteiger partial charge in [0.1, 0.15) is 18.2 Å². The van der Waals surface area contributed by atoms with Crippen molar-refractivity contribution in [2.24, 2.45) is 0 Å². The maximum atomic E-state index is 13.0. The first-order valence-electron chi connectivity index (χ1n) is 8.83. The van der Waals surface area contributed by atoms with Crippen LogP contribution in [0.1, 0.15) is 17.2 Å². The summed E-state index contributed by atoms with van der Waals surface area (Å²) in [6.45, 7) is 0. The van der Waals surface area contributed by atoms with Gasteiger partial charge >= 0.3 is 0 Å². The normalized spacial score (nSPS) is 21.0. The molecule has 0 saturated carbocycles. The number of piperazine rings is 1. The molecule has 1 fully saturated rings. The van der Waals surface area contributed by atoms with Crippen molar-refractivity contribution in [3.8, 4) is 0 Å². The number of likely N-dealkylation sites (N-methyl/N-ethyl adjacent to an activating group) is 2. The van der Waals surface area contributed by atoms with Crippen LogP contribution in [0.3, 0.4) is 0 Å². The van der Waals surface area contributed by atoms with Crippen LogP contribution >= 0.6 is 0 Å². The Morgan fingerprint density at radius 3 is 2.25 bits per heavy atom. The zero-order valence-corrected chi connectivity index (χ0v) is 15.6. The minimum atomic E-state index is -1.47. The van der Waals surface area contributed by atoms with Gasteiger partial charge in [-0.3, -0.25) is 14.8 Å². The van der Waals surface area contributed by atoms with E-state index in [-0.39, 0.29) is 22.4 Å². The highest BCUT2D eigenvalue weighted by Gasteiger charge is 2.46. The summed E-state index contributed by atoms with van der Waals surface area (Å²) in [4.78, 5) is 28.5. The number of anilines is 1. The van der Waals surface area contributed by atoms with Crippen LogP contribution in [0.15, 0.2) is 54.6 Å². The molecule has 1 aliphatic heterocycles. The maximum absolute atomic E-state index is 13.0. The van der Waals surface area contributed by atoms with Gasteiger partial charge in [0.25, 0.3) is 0 Å². The van der Waals surface area contributed by atoms with Crippen molar-refractivity contribution >= 4 is 17.5 Å². The largest absolute Gasteiger partial charge is 0.733 e. The molecule has 2 amide bonds. The minimum absolute atomic E-state index is 0.0629. The van der Waals surface area contributed by atoms with Crippen LogP contribution in [0.25, 0.3) is 0 Å². The van der Waals surface area contributed by atoms with E-state index in [9.17, 15) is 25.1 Å². The Bertz CT molecular complexity index is 858. The van der Waals surface area contributed by atoms with E-state index in [1.807, 2.05) is 30.3 Å². The summed E-state index contributed by atoms with van der Waals surface area (Å²) in [7, 11) is 2.98. The molecule has 0 aromatic heterocycles. The molecule has 148 valence electrons. The van der Waals surface area contributed by atoms with Gasteiger partial charge in [-0.15, -0.1) is 0 Å². The molecule has 0 bridgehead atoms. The van der Waals surface area contributed by atoms with Crippen molar-refractivity contribution in [2.45, 2.75) is 24.6 Å². The van der Waals surface area contributed by atoms with Crippen molar-refractivity contribution < 1.29 is 19.9 Å². The van der Waals surface area contributed by atoms with Crippen LogP contribution in [-0.2, 0) is 16.0 Å². The first-order chi connectivity index (χ1) is 13.3. The Labute approximate surface area is 162 Å². The molecule has 0 spiro atoms. The van der Waals surface area contributed by atoms with Gasteiger partial charge in [0, 0.05) is 26.1 Å². The fourth-order valence-corrected chi connectivity index (χ4v) is 3.56. The Hall–Kier alpha value is -2.94. The molecule has 1 heterocycles. The quantitative estimate of drug-likeness (QED) is 0.753. The van der Waals surface area contributed by atoms with Crippen LogP contribution < -0.4 is 5.23 Å². The van der Waals surface area contributed by atoms with E-state index in [1.54, 1.807) is 6.07 Å². The number of amides is 2. The monoisotopic (exact) mass is 384 g/mol. The van der Waals surface area contributed by atoms with Gasteiger partial charge in [0.2, 0.25) is 11.8 Å². The van der Waals surface area contributed by atoms with Crippen LogP contribution in [0.5, 0.6) is 0 Å². The molecule has 1 aliphatic rings. The molecule has 2 aromatic carbocycles. The van der Waals surface area contributed by atoms with E-state index in [1.165, 1.54) is 42.1 Å². The summed E-state index contributed by atoms with van der Waals surface area (Å²) < 4.78 is 0. The molecular weight excluding hydrogens is 362 g/mol. The molecule has 2 unspecified atom stereocenters. The van der Waals surface area contributed by atoms with Crippen molar-refractivity contribution in [3.63, 3.8) is 0 Å². The summed E-state index contributed by atoms with van der Waals surface area (Å²) in [5.74, 6) is -0.754. The van der Waals surface area contributed by atoms with E-state index < -0.39 is 24.1 Å². The van der Waals surface area contributed by atoms with Gasteiger partial charge in [-0.2, -0.15) is 0 Å². The number of carbonyl (C=O) groups is 2. The van der Waals surface area contributed by atoms with Crippen LogP contribution in [0.4, 0.5) is 5.69 Å². The molecule has 0 radical (unpaired) electrons. The molecular formula is C20H22N3O5-. The highest BCUT2D eigenvalue weighted by molar-refractivity contribution is 5.97. The maximum Gasteiger partial charge on any atom is 0.248 e. The van der Waals surface area contributed by atoms with E-state index in [0.29, 0.717) is 6.42 Å². The third-order valence-corrected chi connectivity index (χ3v) is 5.15. The standard InChI is InChI=1S/C20H22N3O5/c1-21-16(12-13-8-4-3-5-9-13)19(25)22(2)17(20(21)26)18(24)14-10-6-7-11-15(14)23(27)28/h3-11,16-18,24,27H,12H2,1-2H3/q-1/t16-,17?,18?/m0/s1. The predicted molar refractivity (Wildman–Crippen MR) is 102 cm³/mol. The molecule has 1 saturated heterocycles. The highest BCUT2D eigenvalue weighted by Crippen LogP contribution is 2.32. The lowest BCUT2D eigenvalue weighted by Gasteiger charge is -2.44. The zero-order chi connectivity index (χ0) is 20.4. The number of carbonyl (C=O) groups excluding carboxylic acids is 2. The second-order valence-electron chi connectivity index (χ2n) is 6.83. The lowest BCUT2D eigenvalue weighted by atomic mass is 9.93. The number of hydrogen-bond acceptors (Lipinski definition) is 6. The summed E-state index contributed by atoms with van der Waals surface area (Å²) in [6.07, 6.45) is -1.11. The van der Waals surface area contributed by atoms with Crippen molar-refractivity contribution in [1.29, 1.82) is 0 Å². The van der Waals surface area contributed by atoms with Gasteiger partial charge in [-0.05, 0) is 11.6 Å². The number of para-hydroxylation sites is 1. The third kappa shape index (κ3) is 3.57. The van der Waals surface area contributed by atoms with Crippen LogP contribution in [-0.4, -0.2) is 58.1 Å². The molecule has 8 heteroatoms. The molecule has 3 rings (SSSR count). The fourth-order valence-electron chi connectivity index (χ4n) is 3.56. The second-order valence-corrected chi connectivity index (χ2v) is 6.83. The smallest absolute Gasteiger partial charge is 0.248 e. The zero-order valence-electron chi connectivity index (χ0n) is 15.6. The fraction of sp³-hybridized carbons (Fsp3) is 0.300. The van der Waals surface area contributed by atoms with Gasteiger partial charge in [0.05, 0.1) is 5.69 Å². The highest BCUT2D eigenvalue weighted by atomic mass is 16.8. The summed E-state index contributed by atoms with van der Waals surface area (Å²) in [5, 5.41) is 31.1. The van der Waals surface area contributed by atoms with Crippen molar-refractivity contribution in [1.82, 2.24) is 9.80 Å². The average molecular weight is 384 g/mol. The lowest BCUT2D eigenvalue weighted by Crippen LogP contribution is -2.64. The SMILES string of the molecule is CN1C(=O)[C@H](Cc2ccccc2)N(C)C(=O)C1C(O)c1ccccc1N([O-])O. The Kier molecular flexibility index (Phi) is 5.64. The lowest BCUT2D eigenvalue weighted by molar-refractivity contribution is -0.163. The molecule has 2 aromatic rings. The van der Waals surface area contributed by atoms with Crippen molar-refractivity contribution in [3.05, 3.63) is 70.9 Å². The first kappa shape index (κ1) is 19.8. The third-order valence-electron chi connectivity index (χ3n) is 5.15. The van der Waals surface area contributed by atoms with Crippen LogP contribution in [0, 0.1) is 5.21 Å². The summed E-state index contributed by atoms with van der Waals surface area (Å²) in [6, 6.07) is 13.3. The number of benzene rings is 2. The van der Waals surface area contributed by atoms with Crippen molar-refractivity contribution in [2.75, 3.05) is 19.3 Å². The molecule has 28 heavy (non-hydrogen) atoms. The minimum Gasteiger partial charge on any atom is -0.733 e. The predicted octanol–water partition coefficient (Wildman–Crippen LogP) is 1.32. The van der Waals surface area contributed by atoms with Crippen LogP contribution in [0.2, 0.25) is 0 Å². The average Bonchev–Trinajstić information content (AvgIpc) is 2.70. The van der Waals surface area contributed by atoms with Gasteiger partial charge in [-0.25, -0.2) is 0 Å². The topological polar surface area (TPSA) is 107 Å². The first-order valence-corrected chi connectivity index (χ1v) is 8.83. The summed E-state index contributed by atoms with van der Waals surface area (Å²) >= 11 is 0. The van der Waals surface area contributed by atoms with E-state index in [0.717, 1.165) is 5.56 Å². The number of aliphatic hydroxyl groups excluding tert-OH is 1. The van der Waals surface area contributed by atoms with E-state index in [4.69, 9.17) is 0 Å². The van der Waals surface area contributed by atoms with E-state index >= 15 is 0 Å². The number of rotatable bonds is 5. The van der Waals surface area contributed by atoms with Gasteiger partial charge < -0.3 is 25.3 Å².